The van der Waals surface area contributed by atoms with Crippen molar-refractivity contribution in [3.8, 4) is 0 Å². The largest absolute Gasteiger partial charge is 0.462 e. The van der Waals surface area contributed by atoms with Crippen LogP contribution >= 0.6 is 0 Å². The molecule has 1 atom stereocenters. The Morgan fingerprint density at radius 3 is 1.17 bits per heavy atom. The number of hydrogen-bond donors (Lipinski definition) is 0. The van der Waals surface area contributed by atoms with Crippen LogP contribution < -0.4 is 0 Å². The van der Waals surface area contributed by atoms with Crippen molar-refractivity contribution in [1.82, 2.24) is 0 Å². The normalized spacial score (nSPS) is 12.7. The number of allylic oxidation sites excluding steroid dienone is 12. The molecule has 0 rings (SSSR count). The van der Waals surface area contributed by atoms with Gasteiger partial charge in [0.25, 0.3) is 0 Å². The number of carbonyl (C=O) groups is 3. The van der Waals surface area contributed by atoms with E-state index in [-0.39, 0.29) is 37.5 Å². The summed E-state index contributed by atoms with van der Waals surface area (Å²) in [5, 5.41) is 0. The van der Waals surface area contributed by atoms with Gasteiger partial charge in [0.15, 0.2) is 6.10 Å². The van der Waals surface area contributed by atoms with Crippen molar-refractivity contribution in [2.75, 3.05) is 13.2 Å². The molecule has 0 bridgehead atoms. The highest BCUT2D eigenvalue weighted by Gasteiger charge is 2.19. The molecule has 0 aliphatic carbocycles. The van der Waals surface area contributed by atoms with Gasteiger partial charge < -0.3 is 14.2 Å². The molecule has 0 radical (unpaired) electrons. The lowest BCUT2D eigenvalue weighted by Gasteiger charge is -2.18. The van der Waals surface area contributed by atoms with Crippen molar-refractivity contribution in [3.63, 3.8) is 0 Å². The smallest absolute Gasteiger partial charge is 0.306 e. The summed E-state index contributed by atoms with van der Waals surface area (Å²) >= 11 is 0. The summed E-state index contributed by atoms with van der Waals surface area (Å²) in [7, 11) is 0. The van der Waals surface area contributed by atoms with E-state index in [9.17, 15) is 14.4 Å². The van der Waals surface area contributed by atoms with Crippen molar-refractivity contribution in [3.05, 3.63) is 72.9 Å². The zero-order chi connectivity index (χ0) is 43.0. The van der Waals surface area contributed by atoms with Gasteiger partial charge in [0.05, 0.1) is 0 Å². The van der Waals surface area contributed by atoms with Crippen molar-refractivity contribution in [2.45, 2.75) is 232 Å². The predicted molar refractivity (Wildman–Crippen MR) is 251 cm³/mol. The van der Waals surface area contributed by atoms with Crippen LogP contribution in [0.25, 0.3) is 0 Å². The van der Waals surface area contributed by atoms with Crippen LogP contribution in [-0.2, 0) is 28.6 Å². The van der Waals surface area contributed by atoms with E-state index < -0.39 is 6.10 Å². The fraction of sp³-hybridized carbons (Fsp3) is 0.717. The van der Waals surface area contributed by atoms with E-state index in [2.05, 4.69) is 93.7 Å². The lowest BCUT2D eigenvalue weighted by atomic mass is 10.0. The van der Waals surface area contributed by atoms with Crippen LogP contribution in [0, 0.1) is 0 Å². The SMILES string of the molecule is CC/C=C\C/C=C\C/C=C\C/C=C\C/C=C\CCCC(=O)OCC(COC(=O)CCCCCC/C=C\CCCC)OC(=O)CCCCCCCCCCCCCCCC. The van der Waals surface area contributed by atoms with E-state index in [0.29, 0.717) is 19.3 Å². The Bertz CT molecular complexity index is 1130. The Morgan fingerprint density at radius 2 is 0.695 bits per heavy atom. The minimum Gasteiger partial charge on any atom is -0.462 e. The van der Waals surface area contributed by atoms with E-state index in [0.717, 1.165) is 96.3 Å². The molecule has 6 nitrogen and oxygen atoms in total. The predicted octanol–water partition coefficient (Wildman–Crippen LogP) is 15.9. The Morgan fingerprint density at radius 1 is 0.356 bits per heavy atom. The highest BCUT2D eigenvalue weighted by atomic mass is 16.6. The quantitative estimate of drug-likeness (QED) is 0.0264. The number of unbranched alkanes of at least 4 members (excludes halogenated alkanes) is 20. The van der Waals surface area contributed by atoms with Crippen LogP contribution in [0.4, 0.5) is 0 Å². The molecule has 1 unspecified atom stereocenters. The molecule has 0 aromatic rings. The van der Waals surface area contributed by atoms with Gasteiger partial charge in [-0.1, -0.05) is 203 Å². The molecule has 0 aromatic heterocycles. The summed E-state index contributed by atoms with van der Waals surface area (Å²) in [6.45, 7) is 6.41. The first-order valence-corrected chi connectivity index (χ1v) is 24.4. The van der Waals surface area contributed by atoms with Gasteiger partial charge in [-0.15, -0.1) is 0 Å². The number of ether oxygens (including phenoxy) is 3. The molecule has 0 N–H and O–H groups in total. The molecule has 0 fully saturated rings. The second kappa shape index (κ2) is 47.5. The molecule has 6 heteroatoms. The van der Waals surface area contributed by atoms with Gasteiger partial charge in [-0.05, 0) is 77.0 Å². The summed E-state index contributed by atoms with van der Waals surface area (Å²) < 4.78 is 16.7. The van der Waals surface area contributed by atoms with Crippen molar-refractivity contribution < 1.29 is 28.6 Å². The molecular weight excluding hydrogens is 733 g/mol. The lowest BCUT2D eigenvalue weighted by Crippen LogP contribution is -2.30. The molecule has 0 aromatic carbocycles. The molecule has 0 spiro atoms. The average molecular weight is 823 g/mol. The average Bonchev–Trinajstić information content (AvgIpc) is 3.23. The lowest BCUT2D eigenvalue weighted by molar-refractivity contribution is -0.167. The summed E-state index contributed by atoms with van der Waals surface area (Å²) in [5.41, 5.74) is 0. The molecule has 0 heterocycles. The molecular formula is C53H90O6. The van der Waals surface area contributed by atoms with Crippen LogP contribution in [0.1, 0.15) is 226 Å². The van der Waals surface area contributed by atoms with Crippen LogP contribution in [-0.4, -0.2) is 37.2 Å². The van der Waals surface area contributed by atoms with Crippen molar-refractivity contribution in [2.24, 2.45) is 0 Å². The first-order chi connectivity index (χ1) is 29.0. The second-order valence-electron chi connectivity index (χ2n) is 16.0. The van der Waals surface area contributed by atoms with Crippen LogP contribution in [0.15, 0.2) is 72.9 Å². The van der Waals surface area contributed by atoms with Gasteiger partial charge in [-0.25, -0.2) is 0 Å². The third-order valence-corrected chi connectivity index (χ3v) is 10.2. The fourth-order valence-electron chi connectivity index (χ4n) is 6.52. The molecule has 59 heavy (non-hydrogen) atoms. The summed E-state index contributed by atoms with van der Waals surface area (Å²) in [6, 6.07) is 0. The molecule has 338 valence electrons. The van der Waals surface area contributed by atoms with E-state index in [1.165, 1.54) is 83.5 Å². The maximum absolute atomic E-state index is 12.8. The molecule has 0 aliphatic rings. The molecule has 0 amide bonds. The third kappa shape index (κ3) is 45.8. The molecule has 0 aliphatic heterocycles. The summed E-state index contributed by atoms with van der Waals surface area (Å²) in [6.07, 6.45) is 58.9. The van der Waals surface area contributed by atoms with Gasteiger partial charge in [0, 0.05) is 19.3 Å². The highest BCUT2D eigenvalue weighted by Crippen LogP contribution is 2.14. The van der Waals surface area contributed by atoms with Crippen LogP contribution in [0.5, 0.6) is 0 Å². The summed E-state index contributed by atoms with van der Waals surface area (Å²) in [5.74, 6) is -0.971. The number of rotatable bonds is 43. The molecule has 0 saturated carbocycles. The molecule has 0 saturated heterocycles. The Balaban J connectivity index is 4.46. The van der Waals surface area contributed by atoms with E-state index in [1.54, 1.807) is 0 Å². The summed E-state index contributed by atoms with van der Waals surface area (Å²) in [4.78, 5) is 37.8. The number of carbonyl (C=O) groups excluding carboxylic acids is 3. The minimum atomic E-state index is -0.799. The maximum atomic E-state index is 12.8. The first kappa shape index (κ1) is 55.9. The monoisotopic (exact) mass is 823 g/mol. The van der Waals surface area contributed by atoms with Gasteiger partial charge in [0.2, 0.25) is 0 Å². The van der Waals surface area contributed by atoms with E-state index >= 15 is 0 Å². The number of esters is 3. The van der Waals surface area contributed by atoms with E-state index in [1.807, 2.05) is 0 Å². The van der Waals surface area contributed by atoms with E-state index in [4.69, 9.17) is 14.2 Å². The first-order valence-electron chi connectivity index (χ1n) is 24.4. The second-order valence-corrected chi connectivity index (χ2v) is 16.0. The van der Waals surface area contributed by atoms with Crippen molar-refractivity contribution in [1.29, 1.82) is 0 Å². The standard InChI is InChI=1S/C53H90O6/c1-4-7-10-13-16-19-22-24-26-27-28-30-31-34-37-40-43-46-52(55)58-49-50(48-57-51(54)45-42-39-36-33-21-18-15-12-9-6-3)59-53(56)47-44-41-38-35-32-29-25-23-20-17-14-11-8-5-2/h7,10,15-16,18-19,24,26,28,30,34,37,50H,4-6,8-9,11-14,17,20-23,25,27,29,31-33,35-36,38-49H2,1-3H3/b10-7-,18-15-,19-16-,26-24-,30-28-,37-34-. The Kier molecular flexibility index (Phi) is 45.0. The Labute approximate surface area is 363 Å². The minimum absolute atomic E-state index is 0.0980. The van der Waals surface area contributed by atoms with Crippen LogP contribution in [0.3, 0.4) is 0 Å². The van der Waals surface area contributed by atoms with Gasteiger partial charge in [-0.3, -0.25) is 14.4 Å². The third-order valence-electron chi connectivity index (χ3n) is 10.2. The van der Waals surface area contributed by atoms with Gasteiger partial charge in [0.1, 0.15) is 13.2 Å². The fourth-order valence-corrected chi connectivity index (χ4v) is 6.52. The van der Waals surface area contributed by atoms with Gasteiger partial charge in [-0.2, -0.15) is 0 Å². The zero-order valence-corrected chi connectivity index (χ0v) is 38.5. The van der Waals surface area contributed by atoms with Crippen LogP contribution in [0.2, 0.25) is 0 Å². The Hall–Kier alpha value is -3.15. The highest BCUT2D eigenvalue weighted by molar-refractivity contribution is 5.71. The maximum Gasteiger partial charge on any atom is 0.306 e. The number of hydrogen-bond acceptors (Lipinski definition) is 6. The topological polar surface area (TPSA) is 78.9 Å². The zero-order valence-electron chi connectivity index (χ0n) is 38.5. The van der Waals surface area contributed by atoms with Crippen molar-refractivity contribution >= 4 is 17.9 Å². The van der Waals surface area contributed by atoms with Gasteiger partial charge >= 0.3 is 17.9 Å².